The molecule has 0 fully saturated rings. The third-order valence-corrected chi connectivity index (χ3v) is 3.49. The highest BCUT2D eigenvalue weighted by Crippen LogP contribution is 2.20. The molecule has 8 heteroatoms. The number of carbonyl (C=O) groups is 2. The Morgan fingerprint density at radius 1 is 1.07 bits per heavy atom. The van der Waals surface area contributed by atoms with Crippen LogP contribution in [-0.4, -0.2) is 25.1 Å². The van der Waals surface area contributed by atoms with Crippen LogP contribution in [0.15, 0.2) is 42.5 Å². The number of benzene rings is 2. The van der Waals surface area contributed by atoms with Crippen LogP contribution in [0.2, 0.25) is 0 Å². The summed E-state index contributed by atoms with van der Waals surface area (Å²) in [6.45, 7) is 1.25. The summed E-state index contributed by atoms with van der Waals surface area (Å²) < 4.78 is 49.7. The van der Waals surface area contributed by atoms with Crippen molar-refractivity contribution >= 4 is 23.6 Å². The first-order valence-corrected chi connectivity index (χ1v) is 7.79. The Labute approximate surface area is 153 Å². The Bertz CT molecular complexity index is 883. The molecule has 0 aliphatic carbocycles. The number of anilines is 1. The average Bonchev–Trinajstić information content (AvgIpc) is 2.66. The first-order valence-electron chi connectivity index (χ1n) is 7.79. The zero-order valence-electron chi connectivity index (χ0n) is 14.5. The number of carbonyl (C=O) groups excluding carboxylic acids is 2. The minimum Gasteiger partial charge on any atom is -0.496 e. The van der Waals surface area contributed by atoms with Gasteiger partial charge in [-0.2, -0.15) is 0 Å². The maximum absolute atomic E-state index is 13.6. The molecule has 0 bridgehead atoms. The maximum atomic E-state index is 13.6. The van der Waals surface area contributed by atoms with Crippen molar-refractivity contribution in [3.8, 4) is 5.75 Å². The molecule has 0 saturated heterocycles. The summed E-state index contributed by atoms with van der Waals surface area (Å²) in [5, 5.41) is 2.03. The van der Waals surface area contributed by atoms with Crippen LogP contribution >= 0.6 is 0 Å². The van der Waals surface area contributed by atoms with Gasteiger partial charge in [0.1, 0.15) is 5.75 Å². The van der Waals surface area contributed by atoms with Gasteiger partial charge in [-0.3, -0.25) is 4.79 Å². The molecule has 0 unspecified atom stereocenters. The van der Waals surface area contributed by atoms with E-state index in [4.69, 9.17) is 9.47 Å². The van der Waals surface area contributed by atoms with Gasteiger partial charge >= 0.3 is 5.97 Å². The van der Waals surface area contributed by atoms with Crippen molar-refractivity contribution < 1.29 is 32.2 Å². The lowest BCUT2D eigenvalue weighted by molar-refractivity contribution is -0.148. The fraction of sp³-hybridized carbons (Fsp3) is 0.158. The highest BCUT2D eigenvalue weighted by molar-refractivity contribution is 5.96. The Morgan fingerprint density at radius 3 is 2.48 bits per heavy atom. The summed E-state index contributed by atoms with van der Waals surface area (Å²) in [7, 11) is 1.48. The summed E-state index contributed by atoms with van der Waals surface area (Å²) in [4.78, 5) is 23.8. The number of hydrogen-bond donors (Lipinski definition) is 1. The van der Waals surface area contributed by atoms with Gasteiger partial charge in [-0.05, 0) is 31.2 Å². The van der Waals surface area contributed by atoms with Crippen LogP contribution in [0.5, 0.6) is 5.75 Å². The molecule has 142 valence electrons. The lowest BCUT2D eigenvalue weighted by Gasteiger charge is -2.13. The fourth-order valence-electron chi connectivity index (χ4n) is 2.09. The molecule has 2 rings (SSSR count). The quantitative estimate of drug-likeness (QED) is 0.472. The largest absolute Gasteiger partial charge is 0.496 e. The third kappa shape index (κ3) is 5.10. The predicted octanol–water partition coefficient (Wildman–Crippen LogP) is 3.70. The van der Waals surface area contributed by atoms with E-state index < -0.39 is 41.1 Å². The summed E-state index contributed by atoms with van der Waals surface area (Å²) in [6, 6.07) is 8.46. The number of ether oxygens (including phenoxy) is 2. The maximum Gasteiger partial charge on any atom is 0.331 e. The van der Waals surface area contributed by atoms with Crippen LogP contribution in [-0.2, 0) is 14.3 Å². The summed E-state index contributed by atoms with van der Waals surface area (Å²) in [6.07, 6.45) is 1.24. The molecule has 1 N–H and O–H groups in total. The summed E-state index contributed by atoms with van der Waals surface area (Å²) in [5.74, 6) is -5.82. The van der Waals surface area contributed by atoms with Crippen molar-refractivity contribution in [2.75, 3.05) is 12.4 Å². The van der Waals surface area contributed by atoms with Crippen molar-refractivity contribution in [3.05, 3.63) is 65.5 Å². The van der Waals surface area contributed by atoms with Crippen molar-refractivity contribution in [1.29, 1.82) is 0 Å². The van der Waals surface area contributed by atoms with Gasteiger partial charge in [0.15, 0.2) is 23.6 Å². The van der Waals surface area contributed by atoms with E-state index in [1.165, 1.54) is 20.1 Å². The number of hydrogen-bond acceptors (Lipinski definition) is 4. The molecule has 5 nitrogen and oxygen atoms in total. The van der Waals surface area contributed by atoms with E-state index in [2.05, 4.69) is 0 Å². The van der Waals surface area contributed by atoms with Gasteiger partial charge in [-0.1, -0.05) is 18.2 Å². The molecule has 1 amide bonds. The molecule has 0 aromatic heterocycles. The fourth-order valence-corrected chi connectivity index (χ4v) is 2.09. The van der Waals surface area contributed by atoms with E-state index in [9.17, 15) is 22.8 Å². The van der Waals surface area contributed by atoms with Crippen LogP contribution in [0.25, 0.3) is 6.08 Å². The van der Waals surface area contributed by atoms with Crippen LogP contribution in [0, 0.1) is 17.5 Å². The van der Waals surface area contributed by atoms with Crippen molar-refractivity contribution in [2.24, 2.45) is 0 Å². The average molecular weight is 379 g/mol. The van der Waals surface area contributed by atoms with E-state index in [0.717, 1.165) is 12.1 Å². The number of nitrogens with one attached hydrogen (secondary N) is 1. The highest BCUT2D eigenvalue weighted by atomic mass is 19.2. The lowest BCUT2D eigenvalue weighted by Crippen LogP contribution is -2.29. The topological polar surface area (TPSA) is 64.6 Å². The molecule has 0 spiro atoms. The Balaban J connectivity index is 1.98. The summed E-state index contributed by atoms with van der Waals surface area (Å²) in [5.41, 5.74) is 0.0595. The molecule has 0 radical (unpaired) electrons. The molecule has 0 saturated carbocycles. The second-order valence-corrected chi connectivity index (χ2v) is 5.37. The summed E-state index contributed by atoms with van der Waals surface area (Å²) >= 11 is 0. The molecular weight excluding hydrogens is 363 g/mol. The number of methoxy groups -OCH3 is 1. The smallest absolute Gasteiger partial charge is 0.331 e. The molecule has 27 heavy (non-hydrogen) atoms. The molecular formula is C19H16F3NO4. The minimum absolute atomic E-state index is 0.543. The lowest BCUT2D eigenvalue weighted by atomic mass is 10.2. The predicted molar refractivity (Wildman–Crippen MR) is 92.5 cm³/mol. The van der Waals surface area contributed by atoms with E-state index in [-0.39, 0.29) is 0 Å². The third-order valence-electron chi connectivity index (χ3n) is 3.49. The standard InChI is InChI=1S/C19H16F3NO4/c1-11(19(25)23-14-9-8-13(20)17(21)18(14)22)27-16(24)10-7-12-5-3-4-6-15(12)26-2/h3-11H,1-2H3,(H,23,25)/b10-7+/t11-/m1/s1. The Kier molecular flexibility index (Phi) is 6.59. The van der Waals surface area contributed by atoms with Crippen molar-refractivity contribution in [3.63, 3.8) is 0 Å². The van der Waals surface area contributed by atoms with Crippen LogP contribution in [0.3, 0.4) is 0 Å². The second kappa shape index (κ2) is 8.88. The first kappa shape index (κ1) is 20.0. The van der Waals surface area contributed by atoms with E-state index in [1.807, 2.05) is 5.32 Å². The Morgan fingerprint density at radius 2 is 1.78 bits per heavy atom. The number of halogens is 3. The Hall–Kier alpha value is -3.29. The van der Waals surface area contributed by atoms with Crippen LogP contribution in [0.1, 0.15) is 12.5 Å². The van der Waals surface area contributed by atoms with Crippen molar-refractivity contribution in [2.45, 2.75) is 13.0 Å². The molecule has 0 heterocycles. The molecule has 0 aliphatic rings. The van der Waals surface area contributed by atoms with Crippen molar-refractivity contribution in [1.82, 2.24) is 0 Å². The van der Waals surface area contributed by atoms with Gasteiger partial charge in [0, 0.05) is 11.6 Å². The zero-order chi connectivity index (χ0) is 20.0. The first-order chi connectivity index (χ1) is 12.8. The second-order valence-electron chi connectivity index (χ2n) is 5.37. The molecule has 1 atom stereocenters. The highest BCUT2D eigenvalue weighted by Gasteiger charge is 2.20. The SMILES string of the molecule is COc1ccccc1/C=C/C(=O)O[C@H](C)C(=O)Nc1ccc(F)c(F)c1F. The van der Waals surface area contributed by atoms with Crippen LogP contribution in [0.4, 0.5) is 18.9 Å². The number of rotatable bonds is 6. The van der Waals surface area contributed by atoms with Gasteiger partial charge in [-0.25, -0.2) is 18.0 Å². The molecule has 0 aliphatic heterocycles. The van der Waals surface area contributed by atoms with Gasteiger partial charge < -0.3 is 14.8 Å². The zero-order valence-corrected chi connectivity index (χ0v) is 14.5. The molecule has 2 aromatic rings. The van der Waals surface area contributed by atoms with Gasteiger partial charge in [0.05, 0.1) is 12.8 Å². The number of para-hydroxylation sites is 1. The monoisotopic (exact) mass is 379 g/mol. The van der Waals surface area contributed by atoms with E-state index in [0.29, 0.717) is 17.4 Å². The number of amides is 1. The van der Waals surface area contributed by atoms with Gasteiger partial charge in [-0.15, -0.1) is 0 Å². The van der Waals surface area contributed by atoms with Gasteiger partial charge in [0.25, 0.3) is 5.91 Å². The normalized spacial score (nSPS) is 11.9. The number of esters is 1. The van der Waals surface area contributed by atoms with E-state index in [1.54, 1.807) is 24.3 Å². The van der Waals surface area contributed by atoms with Gasteiger partial charge in [0.2, 0.25) is 0 Å². The van der Waals surface area contributed by atoms with Crippen LogP contribution < -0.4 is 10.1 Å². The van der Waals surface area contributed by atoms with E-state index >= 15 is 0 Å². The minimum atomic E-state index is -1.71. The molecule has 2 aromatic carbocycles.